The lowest BCUT2D eigenvalue weighted by Gasteiger charge is -2.31. The molecule has 1 heterocycles. The molecular weight excluding hydrogens is 342 g/mol. The van der Waals surface area contributed by atoms with Crippen molar-refractivity contribution in [2.45, 2.75) is 37.6 Å². The smallest absolute Gasteiger partial charge is 0.258 e. The van der Waals surface area contributed by atoms with Gasteiger partial charge in [-0.2, -0.15) is 0 Å². The molecule has 1 aliphatic carbocycles. The lowest BCUT2D eigenvalue weighted by molar-refractivity contribution is -0.122. The van der Waals surface area contributed by atoms with E-state index in [2.05, 4.69) is 10.6 Å². The van der Waals surface area contributed by atoms with Gasteiger partial charge in [-0.15, -0.1) is 12.4 Å². The molecule has 0 atom stereocenters. The van der Waals surface area contributed by atoms with Crippen molar-refractivity contribution in [2.75, 3.05) is 10.6 Å². The third-order valence-electron chi connectivity index (χ3n) is 4.36. The molecule has 25 heavy (non-hydrogen) atoms. The number of hydrogen-bond donors (Lipinski definition) is 3. The van der Waals surface area contributed by atoms with Crippen molar-refractivity contribution in [3.8, 4) is 0 Å². The fourth-order valence-corrected chi connectivity index (χ4v) is 2.94. The minimum Gasteiger partial charge on any atom is -0.472 e. The molecule has 0 saturated heterocycles. The molecule has 2 amide bonds. The van der Waals surface area contributed by atoms with Gasteiger partial charge in [-0.1, -0.05) is 25.3 Å². The fourth-order valence-electron chi connectivity index (χ4n) is 2.94. The predicted molar refractivity (Wildman–Crippen MR) is 99.0 cm³/mol. The van der Waals surface area contributed by atoms with Crippen molar-refractivity contribution in [3.63, 3.8) is 0 Å². The zero-order chi connectivity index (χ0) is 17.0. The van der Waals surface area contributed by atoms with Crippen LogP contribution < -0.4 is 16.4 Å². The first-order valence-electron chi connectivity index (χ1n) is 8.11. The number of amides is 2. The summed E-state index contributed by atoms with van der Waals surface area (Å²) >= 11 is 0. The molecule has 1 aromatic heterocycles. The molecule has 0 radical (unpaired) electrons. The molecule has 1 aliphatic rings. The molecule has 3 rings (SSSR count). The standard InChI is InChI=1S/C18H21N3O3.ClH/c19-18(8-2-1-3-9-18)17(23)21-15-6-4-5-14(11-15)20-16(22)13-7-10-24-12-13;/h4-7,10-12H,1-3,8-9,19H2,(H,20,22)(H,21,23);1H. The summed E-state index contributed by atoms with van der Waals surface area (Å²) in [6.07, 6.45) is 7.31. The maximum absolute atomic E-state index is 12.5. The Morgan fingerprint density at radius 1 is 1.04 bits per heavy atom. The van der Waals surface area contributed by atoms with Crippen molar-refractivity contribution in [2.24, 2.45) is 5.73 Å². The minimum absolute atomic E-state index is 0. The Kier molecular flexibility index (Phi) is 6.22. The topological polar surface area (TPSA) is 97.4 Å². The molecule has 0 spiro atoms. The van der Waals surface area contributed by atoms with Crippen LogP contribution in [0.5, 0.6) is 0 Å². The maximum Gasteiger partial charge on any atom is 0.258 e. The average Bonchev–Trinajstić information content (AvgIpc) is 3.10. The van der Waals surface area contributed by atoms with Gasteiger partial charge in [0.15, 0.2) is 0 Å². The van der Waals surface area contributed by atoms with E-state index >= 15 is 0 Å². The second kappa shape index (κ2) is 8.18. The Balaban J connectivity index is 0.00000225. The van der Waals surface area contributed by atoms with Gasteiger partial charge in [0.1, 0.15) is 6.26 Å². The van der Waals surface area contributed by atoms with Crippen molar-refractivity contribution >= 4 is 35.6 Å². The van der Waals surface area contributed by atoms with E-state index in [-0.39, 0.29) is 24.2 Å². The first kappa shape index (κ1) is 19.0. The molecule has 1 fully saturated rings. The van der Waals surface area contributed by atoms with Gasteiger partial charge in [-0.3, -0.25) is 9.59 Å². The van der Waals surface area contributed by atoms with E-state index in [4.69, 9.17) is 10.2 Å². The van der Waals surface area contributed by atoms with Crippen molar-refractivity contribution in [1.29, 1.82) is 0 Å². The fraction of sp³-hybridized carbons (Fsp3) is 0.333. The number of anilines is 2. The second-order valence-electron chi connectivity index (χ2n) is 6.22. The Bertz CT molecular complexity index is 725. The molecule has 0 aliphatic heterocycles. The summed E-state index contributed by atoms with van der Waals surface area (Å²) in [7, 11) is 0. The molecule has 6 nitrogen and oxygen atoms in total. The van der Waals surface area contributed by atoms with Crippen LogP contribution in [0.25, 0.3) is 0 Å². The summed E-state index contributed by atoms with van der Waals surface area (Å²) in [6, 6.07) is 8.60. The van der Waals surface area contributed by atoms with Crippen LogP contribution in [0.1, 0.15) is 42.5 Å². The highest BCUT2D eigenvalue weighted by Crippen LogP contribution is 2.27. The Hall–Kier alpha value is -2.31. The highest BCUT2D eigenvalue weighted by Gasteiger charge is 2.35. The second-order valence-corrected chi connectivity index (χ2v) is 6.22. The van der Waals surface area contributed by atoms with Crippen molar-refractivity contribution in [1.82, 2.24) is 0 Å². The van der Waals surface area contributed by atoms with Gasteiger partial charge >= 0.3 is 0 Å². The number of benzene rings is 1. The predicted octanol–water partition coefficient (Wildman–Crippen LogP) is 3.55. The van der Waals surface area contributed by atoms with E-state index in [1.807, 2.05) is 0 Å². The number of carbonyl (C=O) groups excluding carboxylic acids is 2. The van der Waals surface area contributed by atoms with Crippen LogP contribution in [0.3, 0.4) is 0 Å². The van der Waals surface area contributed by atoms with Gasteiger partial charge in [0.2, 0.25) is 5.91 Å². The van der Waals surface area contributed by atoms with Crippen LogP contribution >= 0.6 is 12.4 Å². The summed E-state index contributed by atoms with van der Waals surface area (Å²) in [5, 5.41) is 5.63. The summed E-state index contributed by atoms with van der Waals surface area (Å²) in [6.45, 7) is 0. The molecule has 0 unspecified atom stereocenters. The molecule has 1 aromatic carbocycles. The number of halogens is 1. The molecule has 1 saturated carbocycles. The summed E-state index contributed by atoms with van der Waals surface area (Å²) in [5.74, 6) is -0.435. The quantitative estimate of drug-likeness (QED) is 0.773. The highest BCUT2D eigenvalue weighted by atomic mass is 35.5. The number of rotatable bonds is 4. The van der Waals surface area contributed by atoms with E-state index < -0.39 is 5.54 Å². The first-order valence-corrected chi connectivity index (χ1v) is 8.11. The number of nitrogens with two attached hydrogens (primary N) is 1. The summed E-state index contributed by atoms with van der Waals surface area (Å²) in [4.78, 5) is 24.5. The normalized spacial score (nSPS) is 15.7. The number of furan rings is 1. The van der Waals surface area contributed by atoms with E-state index in [0.29, 0.717) is 29.8 Å². The molecule has 2 aromatic rings. The largest absolute Gasteiger partial charge is 0.472 e. The Morgan fingerprint density at radius 2 is 1.72 bits per heavy atom. The van der Waals surface area contributed by atoms with Crippen LogP contribution in [0, 0.1) is 0 Å². The van der Waals surface area contributed by atoms with Crippen LogP contribution in [0.4, 0.5) is 11.4 Å². The minimum atomic E-state index is -0.797. The Morgan fingerprint density at radius 3 is 2.36 bits per heavy atom. The van der Waals surface area contributed by atoms with Gasteiger partial charge in [0.25, 0.3) is 5.91 Å². The monoisotopic (exact) mass is 363 g/mol. The number of hydrogen-bond acceptors (Lipinski definition) is 4. The summed E-state index contributed by atoms with van der Waals surface area (Å²) < 4.78 is 4.90. The first-order chi connectivity index (χ1) is 11.6. The van der Waals surface area contributed by atoms with Gasteiger partial charge < -0.3 is 20.8 Å². The van der Waals surface area contributed by atoms with E-state index in [9.17, 15) is 9.59 Å². The van der Waals surface area contributed by atoms with Gasteiger partial charge in [-0.25, -0.2) is 0 Å². The van der Waals surface area contributed by atoms with E-state index in [0.717, 1.165) is 19.3 Å². The van der Waals surface area contributed by atoms with Crippen LogP contribution in [0.2, 0.25) is 0 Å². The lowest BCUT2D eigenvalue weighted by atomic mass is 9.82. The zero-order valence-electron chi connectivity index (χ0n) is 13.8. The van der Waals surface area contributed by atoms with Crippen LogP contribution in [0.15, 0.2) is 47.3 Å². The van der Waals surface area contributed by atoms with Crippen molar-refractivity contribution < 1.29 is 14.0 Å². The molecule has 7 heteroatoms. The third kappa shape index (κ3) is 4.61. The zero-order valence-corrected chi connectivity index (χ0v) is 14.6. The van der Waals surface area contributed by atoms with Gasteiger partial charge in [-0.05, 0) is 37.1 Å². The third-order valence-corrected chi connectivity index (χ3v) is 4.36. The van der Waals surface area contributed by atoms with Crippen LogP contribution in [-0.4, -0.2) is 17.4 Å². The van der Waals surface area contributed by atoms with Gasteiger partial charge in [0.05, 0.1) is 17.4 Å². The van der Waals surface area contributed by atoms with Gasteiger partial charge in [0, 0.05) is 11.4 Å². The molecule has 4 N–H and O–H groups in total. The Labute approximate surface area is 152 Å². The van der Waals surface area contributed by atoms with E-state index in [1.54, 1.807) is 30.3 Å². The number of carbonyl (C=O) groups is 2. The summed E-state index contributed by atoms with van der Waals surface area (Å²) in [5.41, 5.74) is 7.08. The molecular formula is C18H22ClN3O3. The SMILES string of the molecule is Cl.NC1(C(=O)Nc2cccc(NC(=O)c3ccoc3)c2)CCCCC1. The number of nitrogens with one attached hydrogen (secondary N) is 2. The van der Waals surface area contributed by atoms with E-state index in [1.165, 1.54) is 12.5 Å². The maximum atomic E-state index is 12.5. The average molecular weight is 364 g/mol. The van der Waals surface area contributed by atoms with Crippen molar-refractivity contribution in [3.05, 3.63) is 48.4 Å². The molecule has 134 valence electrons. The molecule has 0 bridgehead atoms. The highest BCUT2D eigenvalue weighted by molar-refractivity contribution is 6.04. The van der Waals surface area contributed by atoms with Crippen LogP contribution in [-0.2, 0) is 4.79 Å². The lowest BCUT2D eigenvalue weighted by Crippen LogP contribution is -2.52.